The maximum atomic E-state index is 12.0. The van der Waals surface area contributed by atoms with Gasteiger partial charge in [-0.05, 0) is 50.0 Å². The Morgan fingerprint density at radius 1 is 1.45 bits per heavy atom. The number of hydrogen-bond donors (Lipinski definition) is 2. The van der Waals surface area contributed by atoms with E-state index in [1.807, 2.05) is 0 Å². The minimum Gasteiger partial charge on any atom is -0.398 e. The van der Waals surface area contributed by atoms with Gasteiger partial charge in [0.2, 0.25) is 0 Å². The predicted octanol–water partition coefficient (Wildman–Crippen LogP) is 2.38. The molecule has 0 spiro atoms. The summed E-state index contributed by atoms with van der Waals surface area (Å²) >= 11 is 5.84. The predicted molar refractivity (Wildman–Crippen MR) is 83.0 cm³/mol. The highest BCUT2D eigenvalue weighted by Crippen LogP contribution is 2.19. The molecule has 5 heteroatoms. The van der Waals surface area contributed by atoms with Crippen LogP contribution < -0.4 is 11.1 Å². The second kappa shape index (κ2) is 6.95. The third-order valence-corrected chi connectivity index (χ3v) is 4.19. The van der Waals surface area contributed by atoms with Crippen molar-refractivity contribution in [1.29, 1.82) is 0 Å². The summed E-state index contributed by atoms with van der Waals surface area (Å²) in [6.07, 6.45) is 2.50. The number of nitrogens with zero attached hydrogens (tertiary/aromatic N) is 1. The normalized spacial score (nSPS) is 17.1. The average Bonchev–Trinajstić information content (AvgIpc) is 2.44. The van der Waals surface area contributed by atoms with Crippen LogP contribution in [0.25, 0.3) is 0 Å². The van der Waals surface area contributed by atoms with Gasteiger partial charge in [-0.3, -0.25) is 4.79 Å². The van der Waals surface area contributed by atoms with Gasteiger partial charge in [-0.15, -0.1) is 0 Å². The highest BCUT2D eigenvalue weighted by Gasteiger charge is 2.15. The molecule has 1 aromatic rings. The summed E-state index contributed by atoms with van der Waals surface area (Å²) < 4.78 is 0. The summed E-state index contributed by atoms with van der Waals surface area (Å²) in [4.78, 5) is 14.4. The number of benzene rings is 1. The Kier molecular flexibility index (Phi) is 5.26. The molecule has 0 bridgehead atoms. The second-order valence-corrected chi connectivity index (χ2v) is 5.92. The molecule has 1 heterocycles. The number of nitrogens with one attached hydrogen (secondary N) is 1. The number of amides is 1. The zero-order chi connectivity index (χ0) is 14.5. The quantitative estimate of drug-likeness (QED) is 0.839. The van der Waals surface area contributed by atoms with Gasteiger partial charge in [-0.25, -0.2) is 0 Å². The minimum atomic E-state index is -0.0984. The highest BCUT2D eigenvalue weighted by atomic mass is 35.5. The van der Waals surface area contributed by atoms with Gasteiger partial charge in [0.15, 0.2) is 0 Å². The van der Waals surface area contributed by atoms with Crippen molar-refractivity contribution in [1.82, 2.24) is 10.2 Å². The molecule has 1 aromatic carbocycles. The van der Waals surface area contributed by atoms with Crippen LogP contribution in [0.4, 0.5) is 5.69 Å². The third-order valence-electron chi connectivity index (χ3n) is 3.85. The maximum Gasteiger partial charge on any atom is 0.251 e. The molecule has 1 aliphatic rings. The Morgan fingerprint density at radius 2 is 2.15 bits per heavy atom. The molecule has 0 saturated carbocycles. The Labute approximate surface area is 125 Å². The number of nitrogen functional groups attached to an aromatic ring is 1. The topological polar surface area (TPSA) is 58.4 Å². The smallest absolute Gasteiger partial charge is 0.251 e. The van der Waals surface area contributed by atoms with E-state index in [4.69, 9.17) is 17.3 Å². The number of piperidine rings is 1. The van der Waals surface area contributed by atoms with Crippen LogP contribution in [0.2, 0.25) is 5.02 Å². The van der Waals surface area contributed by atoms with Crippen molar-refractivity contribution in [3.63, 3.8) is 0 Å². The molecule has 1 fully saturated rings. The van der Waals surface area contributed by atoms with Gasteiger partial charge in [-0.2, -0.15) is 0 Å². The van der Waals surface area contributed by atoms with Gasteiger partial charge in [-0.1, -0.05) is 18.5 Å². The van der Waals surface area contributed by atoms with Gasteiger partial charge in [0.25, 0.3) is 5.91 Å². The van der Waals surface area contributed by atoms with E-state index in [0.29, 0.717) is 22.8 Å². The van der Waals surface area contributed by atoms with Gasteiger partial charge in [0, 0.05) is 18.7 Å². The van der Waals surface area contributed by atoms with Crippen LogP contribution in [0.1, 0.15) is 30.1 Å². The van der Waals surface area contributed by atoms with Crippen LogP contribution >= 0.6 is 11.6 Å². The Morgan fingerprint density at radius 3 is 2.80 bits per heavy atom. The molecule has 110 valence electrons. The van der Waals surface area contributed by atoms with Crippen LogP contribution in [0.5, 0.6) is 0 Å². The van der Waals surface area contributed by atoms with Gasteiger partial charge < -0.3 is 16.0 Å². The zero-order valence-electron chi connectivity index (χ0n) is 11.9. The number of rotatable bonds is 4. The summed E-state index contributed by atoms with van der Waals surface area (Å²) in [6, 6.07) is 4.95. The summed E-state index contributed by atoms with van der Waals surface area (Å²) in [5.41, 5.74) is 6.69. The monoisotopic (exact) mass is 295 g/mol. The van der Waals surface area contributed by atoms with E-state index < -0.39 is 0 Å². The SMILES string of the molecule is CC1CCN(CCNC(=O)c2ccc(Cl)c(N)c2)CC1. The molecule has 1 aliphatic heterocycles. The number of carbonyl (C=O) groups is 1. The van der Waals surface area contributed by atoms with E-state index in [1.54, 1.807) is 18.2 Å². The van der Waals surface area contributed by atoms with Crippen molar-refractivity contribution in [3.05, 3.63) is 28.8 Å². The molecule has 0 aromatic heterocycles. The first-order valence-electron chi connectivity index (χ1n) is 7.12. The fourth-order valence-corrected chi connectivity index (χ4v) is 2.52. The molecule has 0 unspecified atom stereocenters. The lowest BCUT2D eigenvalue weighted by Crippen LogP contribution is -2.39. The summed E-state index contributed by atoms with van der Waals surface area (Å²) in [5.74, 6) is 0.733. The highest BCUT2D eigenvalue weighted by molar-refractivity contribution is 6.33. The molecular formula is C15H22ClN3O. The van der Waals surface area contributed by atoms with Crippen molar-refractivity contribution in [2.45, 2.75) is 19.8 Å². The molecule has 4 nitrogen and oxygen atoms in total. The number of hydrogen-bond acceptors (Lipinski definition) is 3. The number of likely N-dealkylation sites (tertiary alicyclic amines) is 1. The van der Waals surface area contributed by atoms with Gasteiger partial charge in [0.05, 0.1) is 10.7 Å². The van der Waals surface area contributed by atoms with Gasteiger partial charge in [0.1, 0.15) is 0 Å². The largest absolute Gasteiger partial charge is 0.398 e. The maximum absolute atomic E-state index is 12.0. The van der Waals surface area contributed by atoms with Crippen molar-refractivity contribution in [3.8, 4) is 0 Å². The fourth-order valence-electron chi connectivity index (χ4n) is 2.40. The van der Waals surface area contributed by atoms with Crippen molar-refractivity contribution < 1.29 is 4.79 Å². The van der Waals surface area contributed by atoms with Crippen molar-refractivity contribution in [2.75, 3.05) is 31.9 Å². The summed E-state index contributed by atoms with van der Waals surface area (Å²) in [5, 5.41) is 3.40. The van der Waals surface area contributed by atoms with Crippen LogP contribution in [-0.4, -0.2) is 37.0 Å². The van der Waals surface area contributed by atoms with Crippen LogP contribution in [0.3, 0.4) is 0 Å². The van der Waals surface area contributed by atoms with Gasteiger partial charge >= 0.3 is 0 Å². The lowest BCUT2D eigenvalue weighted by atomic mass is 9.99. The number of nitrogens with two attached hydrogens (primary N) is 1. The van der Waals surface area contributed by atoms with Crippen molar-refractivity contribution in [2.24, 2.45) is 5.92 Å². The first-order valence-corrected chi connectivity index (χ1v) is 7.49. The molecule has 0 atom stereocenters. The number of carbonyl (C=O) groups excluding carboxylic acids is 1. The third kappa shape index (κ3) is 4.12. The Balaban J connectivity index is 1.76. The van der Waals surface area contributed by atoms with E-state index in [1.165, 1.54) is 12.8 Å². The zero-order valence-corrected chi connectivity index (χ0v) is 12.6. The molecule has 20 heavy (non-hydrogen) atoms. The molecule has 0 radical (unpaired) electrons. The Bertz CT molecular complexity index is 470. The first-order chi connectivity index (χ1) is 9.56. The minimum absolute atomic E-state index is 0.0984. The molecule has 1 amide bonds. The molecule has 2 rings (SSSR count). The summed E-state index contributed by atoms with van der Waals surface area (Å²) in [7, 11) is 0. The summed E-state index contributed by atoms with van der Waals surface area (Å²) in [6.45, 7) is 6.12. The lowest BCUT2D eigenvalue weighted by molar-refractivity contribution is 0.0944. The van der Waals surface area contributed by atoms with E-state index in [9.17, 15) is 4.79 Å². The van der Waals surface area contributed by atoms with E-state index in [0.717, 1.165) is 25.6 Å². The van der Waals surface area contributed by atoms with E-state index in [-0.39, 0.29) is 5.91 Å². The fraction of sp³-hybridized carbons (Fsp3) is 0.533. The van der Waals surface area contributed by atoms with E-state index >= 15 is 0 Å². The lowest BCUT2D eigenvalue weighted by Gasteiger charge is -2.30. The average molecular weight is 296 g/mol. The molecule has 1 saturated heterocycles. The van der Waals surface area contributed by atoms with Crippen LogP contribution in [-0.2, 0) is 0 Å². The number of halogens is 1. The molecule has 0 aliphatic carbocycles. The molecular weight excluding hydrogens is 274 g/mol. The van der Waals surface area contributed by atoms with Crippen LogP contribution in [0, 0.1) is 5.92 Å². The number of anilines is 1. The van der Waals surface area contributed by atoms with Crippen molar-refractivity contribution >= 4 is 23.2 Å². The van der Waals surface area contributed by atoms with E-state index in [2.05, 4.69) is 17.1 Å². The standard InChI is InChI=1S/C15H22ClN3O/c1-11-4-7-19(8-5-11)9-6-18-15(20)12-2-3-13(16)14(17)10-12/h2-3,10-11H,4-9,17H2,1H3,(H,18,20). The molecule has 3 N–H and O–H groups in total. The second-order valence-electron chi connectivity index (χ2n) is 5.52. The van der Waals surface area contributed by atoms with Crippen LogP contribution in [0.15, 0.2) is 18.2 Å². The first kappa shape index (κ1) is 15.1. The Hall–Kier alpha value is -1.26.